The van der Waals surface area contributed by atoms with E-state index in [0.29, 0.717) is 10.6 Å². The van der Waals surface area contributed by atoms with Gasteiger partial charge in [0.1, 0.15) is 6.61 Å². The number of nitriles is 1. The van der Waals surface area contributed by atoms with Gasteiger partial charge in [0.05, 0.1) is 11.6 Å². The van der Waals surface area contributed by atoms with Crippen molar-refractivity contribution in [1.82, 2.24) is 0 Å². The zero-order valence-corrected chi connectivity index (χ0v) is 10.4. The van der Waals surface area contributed by atoms with Crippen LogP contribution in [-0.4, -0.2) is 0 Å². The van der Waals surface area contributed by atoms with E-state index in [1.807, 2.05) is 0 Å². The van der Waals surface area contributed by atoms with Crippen molar-refractivity contribution >= 4 is 11.6 Å². The summed E-state index contributed by atoms with van der Waals surface area (Å²) in [5.41, 5.74) is 0.598. The molecule has 2 rings (SSSR count). The van der Waals surface area contributed by atoms with E-state index in [0.717, 1.165) is 12.1 Å². The number of halogens is 3. The van der Waals surface area contributed by atoms with Gasteiger partial charge in [-0.25, -0.2) is 8.78 Å². The van der Waals surface area contributed by atoms with Crippen LogP contribution in [0.3, 0.4) is 0 Å². The van der Waals surface area contributed by atoms with Crippen LogP contribution in [0.2, 0.25) is 5.02 Å². The summed E-state index contributed by atoms with van der Waals surface area (Å²) in [5.74, 6) is -2.31. The Balaban J connectivity index is 2.18. The Kier molecular flexibility index (Phi) is 3.98. The van der Waals surface area contributed by atoms with Crippen LogP contribution in [0.25, 0.3) is 0 Å². The average molecular weight is 280 g/mol. The molecule has 0 aliphatic rings. The molecule has 0 N–H and O–H groups in total. The number of ether oxygens (including phenoxy) is 1. The highest BCUT2D eigenvalue weighted by Gasteiger charge is 2.12. The van der Waals surface area contributed by atoms with Crippen molar-refractivity contribution in [3.05, 3.63) is 64.2 Å². The molecule has 0 fully saturated rings. The Morgan fingerprint density at radius 2 is 1.84 bits per heavy atom. The molecular weight excluding hydrogens is 272 g/mol. The smallest absolute Gasteiger partial charge is 0.191 e. The molecule has 0 aliphatic heterocycles. The second-order valence-electron chi connectivity index (χ2n) is 3.80. The highest BCUT2D eigenvalue weighted by Crippen LogP contribution is 2.24. The molecule has 5 heteroatoms. The van der Waals surface area contributed by atoms with Crippen LogP contribution in [0.15, 0.2) is 36.4 Å². The minimum atomic E-state index is -0.904. The molecule has 0 amide bonds. The van der Waals surface area contributed by atoms with Crippen LogP contribution in [0.4, 0.5) is 8.78 Å². The van der Waals surface area contributed by atoms with Gasteiger partial charge >= 0.3 is 0 Å². The number of rotatable bonds is 3. The maximum absolute atomic E-state index is 13.5. The first kappa shape index (κ1) is 13.3. The molecule has 2 aromatic carbocycles. The molecule has 19 heavy (non-hydrogen) atoms. The van der Waals surface area contributed by atoms with Crippen LogP contribution in [0.1, 0.15) is 11.1 Å². The van der Waals surface area contributed by atoms with Gasteiger partial charge in [-0.05, 0) is 29.8 Å². The monoisotopic (exact) mass is 279 g/mol. The molecule has 0 saturated carbocycles. The lowest BCUT2D eigenvalue weighted by molar-refractivity contribution is 0.274. The highest BCUT2D eigenvalue weighted by molar-refractivity contribution is 6.30. The topological polar surface area (TPSA) is 33.0 Å². The predicted octanol–water partition coefficient (Wildman–Crippen LogP) is 4.07. The first-order valence-electron chi connectivity index (χ1n) is 5.36. The lowest BCUT2D eigenvalue weighted by atomic mass is 10.2. The molecule has 0 radical (unpaired) electrons. The van der Waals surface area contributed by atoms with Gasteiger partial charge in [-0.2, -0.15) is 5.26 Å². The molecule has 0 heterocycles. The Morgan fingerprint density at radius 3 is 2.42 bits per heavy atom. The van der Waals surface area contributed by atoms with E-state index < -0.39 is 17.4 Å². The van der Waals surface area contributed by atoms with Gasteiger partial charge in [0.2, 0.25) is 0 Å². The second-order valence-corrected chi connectivity index (χ2v) is 4.24. The highest BCUT2D eigenvalue weighted by atomic mass is 35.5. The largest absolute Gasteiger partial charge is 0.483 e. The molecule has 0 aromatic heterocycles. The van der Waals surface area contributed by atoms with E-state index in [4.69, 9.17) is 21.6 Å². The summed E-state index contributed by atoms with van der Waals surface area (Å²) in [5, 5.41) is 9.09. The molecular formula is C14H8ClF2NO. The van der Waals surface area contributed by atoms with Gasteiger partial charge in [0.25, 0.3) is 0 Å². The van der Waals surface area contributed by atoms with Gasteiger partial charge in [-0.3, -0.25) is 0 Å². The maximum Gasteiger partial charge on any atom is 0.191 e. The standard InChI is InChI=1S/C14H8ClF2NO/c15-11-3-1-2-9(4-11)8-19-14-12(16)5-10(7-18)6-13(14)17/h1-6H,8H2. The summed E-state index contributed by atoms with van der Waals surface area (Å²) in [4.78, 5) is 0. The summed E-state index contributed by atoms with van der Waals surface area (Å²) in [6.45, 7) is -0.0136. The molecule has 0 atom stereocenters. The van der Waals surface area contributed by atoms with E-state index in [2.05, 4.69) is 0 Å². The second kappa shape index (κ2) is 5.68. The zero-order chi connectivity index (χ0) is 13.8. The van der Waals surface area contributed by atoms with Crippen molar-refractivity contribution in [3.63, 3.8) is 0 Å². The first-order chi connectivity index (χ1) is 9.10. The molecule has 0 bridgehead atoms. The minimum Gasteiger partial charge on any atom is -0.483 e. The van der Waals surface area contributed by atoms with Crippen LogP contribution >= 0.6 is 11.6 Å². The quantitative estimate of drug-likeness (QED) is 0.848. The molecule has 0 unspecified atom stereocenters. The lowest BCUT2D eigenvalue weighted by Crippen LogP contribution is -2.00. The van der Waals surface area contributed by atoms with Crippen molar-refractivity contribution in [2.75, 3.05) is 0 Å². The van der Waals surface area contributed by atoms with Crippen molar-refractivity contribution in [2.45, 2.75) is 6.61 Å². The normalized spacial score (nSPS) is 10.0. The molecule has 96 valence electrons. The SMILES string of the molecule is N#Cc1cc(F)c(OCc2cccc(Cl)c2)c(F)c1. The minimum absolute atomic E-state index is 0.0136. The maximum atomic E-state index is 13.5. The fourth-order valence-electron chi connectivity index (χ4n) is 1.54. The van der Waals surface area contributed by atoms with Gasteiger partial charge < -0.3 is 4.74 Å². The Hall–Kier alpha value is -2.12. The summed E-state index contributed by atoms with van der Waals surface area (Å²) in [6.07, 6.45) is 0. The molecule has 2 nitrogen and oxygen atoms in total. The predicted molar refractivity (Wildman–Crippen MR) is 66.9 cm³/mol. The molecule has 0 aliphatic carbocycles. The van der Waals surface area contributed by atoms with Gasteiger partial charge in [-0.1, -0.05) is 23.7 Å². The van der Waals surface area contributed by atoms with Gasteiger partial charge in [0.15, 0.2) is 17.4 Å². The van der Waals surface area contributed by atoms with E-state index in [1.165, 1.54) is 0 Å². The third-order valence-electron chi connectivity index (χ3n) is 2.40. The first-order valence-corrected chi connectivity index (χ1v) is 5.74. The summed E-state index contributed by atoms with van der Waals surface area (Å²) < 4.78 is 32.2. The van der Waals surface area contributed by atoms with Gasteiger partial charge in [0, 0.05) is 5.02 Å². The van der Waals surface area contributed by atoms with Crippen LogP contribution in [-0.2, 0) is 6.61 Å². The van der Waals surface area contributed by atoms with E-state index in [1.54, 1.807) is 30.3 Å². The summed E-state index contributed by atoms with van der Waals surface area (Å²) >= 11 is 5.79. The number of hydrogen-bond donors (Lipinski definition) is 0. The third-order valence-corrected chi connectivity index (χ3v) is 2.63. The fourth-order valence-corrected chi connectivity index (χ4v) is 1.76. The molecule has 0 saturated heterocycles. The summed E-state index contributed by atoms with van der Waals surface area (Å²) in [6, 6.07) is 10.3. The summed E-state index contributed by atoms with van der Waals surface area (Å²) in [7, 11) is 0. The Labute approximate surface area is 113 Å². The molecule has 2 aromatic rings. The molecule has 0 spiro atoms. The Bertz CT molecular complexity index is 629. The van der Waals surface area contributed by atoms with E-state index in [9.17, 15) is 8.78 Å². The van der Waals surface area contributed by atoms with Gasteiger partial charge in [-0.15, -0.1) is 0 Å². The van der Waals surface area contributed by atoms with Crippen LogP contribution in [0.5, 0.6) is 5.75 Å². The average Bonchev–Trinajstić information content (AvgIpc) is 2.37. The van der Waals surface area contributed by atoms with Crippen molar-refractivity contribution in [3.8, 4) is 11.8 Å². The lowest BCUT2D eigenvalue weighted by Gasteiger charge is -2.08. The van der Waals surface area contributed by atoms with Crippen LogP contribution < -0.4 is 4.74 Å². The van der Waals surface area contributed by atoms with Crippen molar-refractivity contribution in [1.29, 1.82) is 5.26 Å². The van der Waals surface area contributed by atoms with E-state index >= 15 is 0 Å². The fraction of sp³-hybridized carbons (Fsp3) is 0.0714. The number of nitrogens with zero attached hydrogens (tertiary/aromatic N) is 1. The van der Waals surface area contributed by atoms with Crippen molar-refractivity contribution in [2.24, 2.45) is 0 Å². The zero-order valence-electron chi connectivity index (χ0n) is 9.66. The number of benzene rings is 2. The third kappa shape index (κ3) is 3.21. The number of hydrogen-bond acceptors (Lipinski definition) is 2. The Morgan fingerprint density at radius 1 is 1.16 bits per heavy atom. The van der Waals surface area contributed by atoms with E-state index in [-0.39, 0.29) is 12.2 Å². The van der Waals surface area contributed by atoms with Crippen LogP contribution in [0, 0.1) is 23.0 Å². The van der Waals surface area contributed by atoms with Crippen molar-refractivity contribution < 1.29 is 13.5 Å².